The Morgan fingerprint density at radius 2 is 1.26 bits per heavy atom. The zero-order chi connectivity index (χ0) is 59.4. The van der Waals surface area contributed by atoms with Crippen molar-refractivity contribution in [1.82, 2.24) is 35.7 Å². The molecule has 0 spiro atoms. The molecule has 84 heavy (non-hydrogen) atoms. The molecule has 0 bridgehead atoms. The van der Waals surface area contributed by atoms with Gasteiger partial charge in [-0.2, -0.15) is 0 Å². The van der Waals surface area contributed by atoms with Crippen LogP contribution in [0.15, 0.2) is 188 Å². The molecule has 6 amide bonds. The van der Waals surface area contributed by atoms with Crippen molar-refractivity contribution in [2.24, 2.45) is 5.92 Å². The molecule has 16 heteroatoms. The number of nitrogens with one attached hydrogen (secondary N) is 4. The fourth-order valence-electron chi connectivity index (χ4n) is 10.8. The van der Waals surface area contributed by atoms with E-state index in [1.807, 2.05) is 128 Å². The van der Waals surface area contributed by atoms with Gasteiger partial charge in [-0.15, -0.1) is 0 Å². The predicted octanol–water partition coefficient (Wildman–Crippen LogP) is 9.98. The van der Waals surface area contributed by atoms with E-state index in [-0.39, 0.29) is 51.7 Å². The lowest BCUT2D eigenvalue weighted by Gasteiger charge is -2.41. The monoisotopic (exact) mass is 1140 g/mol. The second-order valence-electron chi connectivity index (χ2n) is 22.1. The molecule has 2 heterocycles. The number of aryl methyl sites for hydroxylation is 1. The zero-order valence-corrected chi connectivity index (χ0v) is 48.5. The number of morpholine rings is 1. The van der Waals surface area contributed by atoms with E-state index in [1.165, 1.54) is 4.90 Å². The van der Waals surface area contributed by atoms with E-state index in [2.05, 4.69) is 62.2 Å². The minimum Gasteiger partial charge on any atom is -0.465 e. The molecule has 1 aromatic heterocycles. The lowest BCUT2D eigenvalue weighted by Crippen LogP contribution is -2.69. The summed E-state index contributed by atoms with van der Waals surface area (Å²) < 4.78 is 19.5. The van der Waals surface area contributed by atoms with Gasteiger partial charge in [0.25, 0.3) is 5.91 Å². The number of ether oxygens (including phenoxy) is 3. The first-order chi connectivity index (χ1) is 40.7. The van der Waals surface area contributed by atoms with Crippen LogP contribution >= 0.6 is 0 Å². The minimum atomic E-state index is -2.08. The number of alkyl carbamates (subject to hydrolysis) is 1. The Morgan fingerprint density at radius 1 is 0.690 bits per heavy atom. The topological polar surface area (TPSA) is 199 Å². The maximum atomic E-state index is 16.2. The fourth-order valence-corrected chi connectivity index (χ4v) is 10.8. The Labute approximate surface area is 492 Å². The molecule has 1 aliphatic heterocycles. The Bertz CT molecular complexity index is 3160. The normalized spacial score (nSPS) is 14.0. The van der Waals surface area contributed by atoms with Gasteiger partial charge in [0.15, 0.2) is 0 Å². The summed E-state index contributed by atoms with van der Waals surface area (Å²) in [7, 11) is 0. The molecule has 3 atom stereocenters. The van der Waals surface area contributed by atoms with Gasteiger partial charge in [0.05, 0.1) is 38.3 Å². The summed E-state index contributed by atoms with van der Waals surface area (Å²) in [5.41, 5.74) is 2.65. The summed E-state index contributed by atoms with van der Waals surface area (Å²) in [5.74, 6) is -3.96. The molecule has 438 valence electrons. The van der Waals surface area contributed by atoms with Gasteiger partial charge < -0.3 is 39.6 Å². The number of amides is 6. The van der Waals surface area contributed by atoms with Gasteiger partial charge in [0, 0.05) is 57.4 Å². The number of hydrogen-bond donors (Lipinski definition) is 4. The number of unbranched alkanes of at least 4 members (excludes halogenated alkanes) is 2. The highest BCUT2D eigenvalue weighted by atomic mass is 16.6. The highest BCUT2D eigenvalue weighted by molar-refractivity contribution is 6.01. The van der Waals surface area contributed by atoms with Gasteiger partial charge in [-0.25, -0.2) is 14.6 Å². The smallest absolute Gasteiger partial charge is 0.407 e. The van der Waals surface area contributed by atoms with Crippen molar-refractivity contribution in [3.8, 4) is 11.1 Å². The lowest BCUT2D eigenvalue weighted by molar-refractivity contribution is -0.149. The third-order valence-electron chi connectivity index (χ3n) is 15.0. The average molecular weight is 1140 g/mol. The number of imide groups is 1. The molecular weight excluding hydrogens is 1060 g/mol. The maximum Gasteiger partial charge on any atom is 0.407 e. The third kappa shape index (κ3) is 16.0. The summed E-state index contributed by atoms with van der Waals surface area (Å²) in [4.78, 5) is 93.8. The minimum absolute atomic E-state index is 0.0317. The van der Waals surface area contributed by atoms with Crippen LogP contribution in [0.4, 0.5) is 9.59 Å². The predicted molar refractivity (Wildman–Crippen MR) is 322 cm³/mol. The van der Waals surface area contributed by atoms with Crippen molar-refractivity contribution in [3.63, 3.8) is 0 Å². The van der Waals surface area contributed by atoms with Crippen LogP contribution < -0.4 is 21.3 Å². The maximum absolute atomic E-state index is 16.2. The highest BCUT2D eigenvalue weighted by Crippen LogP contribution is 2.41. The molecule has 1 fully saturated rings. The lowest BCUT2D eigenvalue weighted by atomic mass is 9.76. The Balaban J connectivity index is 1.18. The van der Waals surface area contributed by atoms with E-state index < -0.39 is 71.1 Å². The van der Waals surface area contributed by atoms with Crippen LogP contribution in [0.1, 0.15) is 93.3 Å². The van der Waals surface area contributed by atoms with Gasteiger partial charge >= 0.3 is 18.1 Å². The van der Waals surface area contributed by atoms with Gasteiger partial charge in [-0.05, 0) is 66.1 Å². The van der Waals surface area contributed by atoms with E-state index in [0.717, 1.165) is 40.7 Å². The second kappa shape index (κ2) is 29.4. The van der Waals surface area contributed by atoms with Crippen LogP contribution in [0.3, 0.4) is 0 Å². The summed E-state index contributed by atoms with van der Waals surface area (Å²) in [6, 6.07) is 54.6. The molecule has 3 unspecified atom stereocenters. The number of aromatic nitrogens is 2. The van der Waals surface area contributed by atoms with Gasteiger partial charge in [-0.3, -0.25) is 24.5 Å². The number of nitrogens with zero attached hydrogens (tertiary/aromatic N) is 3. The first-order valence-corrected chi connectivity index (χ1v) is 29.0. The molecule has 6 aromatic carbocycles. The molecule has 1 saturated heterocycles. The fraction of sp³-hybridized carbons (Fsp3) is 0.338. The largest absolute Gasteiger partial charge is 0.465 e. The SMILES string of the molecule is CCCCCC(=O)NC(Cc1ccccc1-c1ccccc1)(C(=O)NC(Cc1ccccc1)C(=O)NC(=O)N1CCOCC1)C(CNC(=O)OC(C)(C)C)COC(=O)CCc1cn(C(c2ccccc2)(c2ccccc2)c2ccccc2)cn1. The van der Waals surface area contributed by atoms with Crippen LogP contribution in [0.2, 0.25) is 0 Å². The molecule has 16 nitrogen and oxygen atoms in total. The summed E-state index contributed by atoms with van der Waals surface area (Å²) >= 11 is 0. The van der Waals surface area contributed by atoms with Crippen LogP contribution in [0, 0.1) is 5.92 Å². The first kappa shape index (κ1) is 61.2. The summed E-state index contributed by atoms with van der Waals surface area (Å²) in [6.45, 7) is 7.43. The number of carbonyl (C=O) groups is 6. The molecule has 0 radical (unpaired) electrons. The van der Waals surface area contributed by atoms with Crippen molar-refractivity contribution < 1.29 is 43.0 Å². The Morgan fingerprint density at radius 3 is 1.86 bits per heavy atom. The molecular formula is C68H77N7O9. The van der Waals surface area contributed by atoms with Crippen LogP contribution in [-0.2, 0) is 58.2 Å². The van der Waals surface area contributed by atoms with Crippen LogP contribution in [0.5, 0.6) is 0 Å². The quantitative estimate of drug-likeness (QED) is 0.0243. The third-order valence-corrected chi connectivity index (χ3v) is 15.0. The van der Waals surface area contributed by atoms with Crippen LogP contribution in [-0.4, -0.2) is 107 Å². The average Bonchev–Trinajstić information content (AvgIpc) is 1.85. The molecule has 0 aliphatic carbocycles. The van der Waals surface area contributed by atoms with E-state index >= 15 is 4.79 Å². The van der Waals surface area contributed by atoms with E-state index in [9.17, 15) is 24.0 Å². The van der Waals surface area contributed by atoms with Crippen molar-refractivity contribution in [2.75, 3.05) is 39.5 Å². The number of urea groups is 1. The second-order valence-corrected chi connectivity index (χ2v) is 22.1. The van der Waals surface area contributed by atoms with Gasteiger partial charge in [-0.1, -0.05) is 196 Å². The Kier molecular flexibility index (Phi) is 21.4. The first-order valence-electron chi connectivity index (χ1n) is 29.0. The number of esters is 1. The summed E-state index contributed by atoms with van der Waals surface area (Å²) in [5, 5.41) is 11.5. The van der Waals surface area contributed by atoms with E-state index in [0.29, 0.717) is 36.5 Å². The van der Waals surface area contributed by atoms with Crippen molar-refractivity contribution >= 4 is 35.8 Å². The molecule has 1 aliphatic rings. The standard InChI is InChI=1S/C68H77N7O9/c1-5-6-12-37-60(76)73-67(45-52-29-23-24-36-58(52)51-27-15-8-16-28-51,63(79)71-59(44-50-25-13-7-14-26-50)62(78)72-64(80)74-40-42-82-43-41-74)56(46-69-65(81)84-66(2,3)4)48-83-61(77)39-38-57-47-75(49-70-57)68(53-30-17-9-18-31-53,54-32-19-10-20-33-54)55-34-21-11-22-35-55/h7-11,13-36,47,49,56,59H,5-6,12,37-46,48H2,1-4H3,(H,69,81)(H,71,79)(H,73,76)(H,72,78,80). The van der Waals surface area contributed by atoms with E-state index in [1.54, 1.807) is 51.4 Å². The molecule has 0 saturated carbocycles. The summed E-state index contributed by atoms with van der Waals surface area (Å²) in [6.07, 6.45) is 4.75. The number of benzene rings is 6. The number of imidazole rings is 1. The van der Waals surface area contributed by atoms with Crippen molar-refractivity contribution in [3.05, 3.63) is 222 Å². The number of rotatable bonds is 25. The Hall–Kier alpha value is -8.89. The highest BCUT2D eigenvalue weighted by Gasteiger charge is 2.50. The van der Waals surface area contributed by atoms with Crippen LogP contribution in [0.25, 0.3) is 11.1 Å². The molecule has 8 rings (SSSR count). The molecule has 4 N–H and O–H groups in total. The van der Waals surface area contributed by atoms with E-state index in [4.69, 9.17) is 19.2 Å². The van der Waals surface area contributed by atoms with Gasteiger partial charge in [0.1, 0.15) is 22.7 Å². The van der Waals surface area contributed by atoms with Crippen molar-refractivity contribution in [2.45, 2.75) is 102 Å². The van der Waals surface area contributed by atoms with Gasteiger partial charge in [0.2, 0.25) is 11.8 Å². The zero-order valence-electron chi connectivity index (χ0n) is 48.5. The number of hydrogen-bond acceptors (Lipinski definition) is 10. The number of carbonyl (C=O) groups excluding carboxylic acids is 6. The van der Waals surface area contributed by atoms with Crippen molar-refractivity contribution in [1.29, 1.82) is 0 Å². The molecule has 7 aromatic rings.